The summed E-state index contributed by atoms with van der Waals surface area (Å²) in [5, 5.41) is 4.47. The van der Waals surface area contributed by atoms with E-state index in [2.05, 4.69) is 59.0 Å². The highest BCUT2D eigenvalue weighted by atomic mass is 16.3. The van der Waals surface area contributed by atoms with Crippen LogP contribution in [0.1, 0.15) is 58.2 Å². The first-order valence-corrected chi connectivity index (χ1v) is 7.34. The van der Waals surface area contributed by atoms with Crippen LogP contribution in [0.2, 0.25) is 0 Å². The molecule has 1 aromatic carbocycles. The molecule has 20 heavy (non-hydrogen) atoms. The van der Waals surface area contributed by atoms with Gasteiger partial charge in [0.15, 0.2) is 0 Å². The first-order chi connectivity index (χ1) is 9.14. The van der Waals surface area contributed by atoms with Crippen molar-refractivity contribution < 1.29 is 4.42 Å². The lowest BCUT2D eigenvalue weighted by Crippen LogP contribution is -2.16. The van der Waals surface area contributed by atoms with Crippen LogP contribution >= 0.6 is 0 Å². The fourth-order valence-electron chi connectivity index (χ4n) is 2.51. The van der Waals surface area contributed by atoms with Gasteiger partial charge in [0.25, 0.3) is 0 Å². The van der Waals surface area contributed by atoms with Crippen LogP contribution in [0.15, 0.2) is 22.8 Å². The molecule has 2 aromatic rings. The third-order valence-electron chi connectivity index (χ3n) is 3.80. The maximum atomic E-state index is 5.89. The predicted molar refractivity (Wildman–Crippen MR) is 86.4 cm³/mol. The van der Waals surface area contributed by atoms with Gasteiger partial charge in [0, 0.05) is 23.1 Å². The van der Waals surface area contributed by atoms with E-state index in [1.807, 2.05) is 13.3 Å². The van der Waals surface area contributed by atoms with Crippen molar-refractivity contribution in [3.05, 3.63) is 35.1 Å². The summed E-state index contributed by atoms with van der Waals surface area (Å²) in [6, 6.07) is 4.61. The SMILES string of the molecule is CNCc1coc2c(C(C)(C)C)cc(C(C)(C)C)cc12. The quantitative estimate of drug-likeness (QED) is 0.854. The van der Waals surface area contributed by atoms with Crippen LogP contribution in [0, 0.1) is 0 Å². The Labute approximate surface area is 122 Å². The van der Waals surface area contributed by atoms with Crippen molar-refractivity contribution in [2.75, 3.05) is 7.05 Å². The zero-order chi connectivity index (χ0) is 15.1. The van der Waals surface area contributed by atoms with Gasteiger partial charge in [-0.05, 0) is 29.5 Å². The van der Waals surface area contributed by atoms with Crippen LogP contribution in [-0.4, -0.2) is 7.05 Å². The lowest BCUT2D eigenvalue weighted by Gasteiger charge is -2.25. The second kappa shape index (κ2) is 4.92. The molecule has 1 aromatic heterocycles. The molecule has 0 saturated heterocycles. The van der Waals surface area contributed by atoms with E-state index in [-0.39, 0.29) is 10.8 Å². The Morgan fingerprint density at radius 1 is 1.00 bits per heavy atom. The molecule has 2 rings (SSSR count). The molecule has 0 radical (unpaired) electrons. The molecule has 0 aliphatic heterocycles. The van der Waals surface area contributed by atoms with Crippen LogP contribution in [0.4, 0.5) is 0 Å². The molecule has 0 bridgehead atoms. The van der Waals surface area contributed by atoms with Gasteiger partial charge in [0.05, 0.1) is 6.26 Å². The van der Waals surface area contributed by atoms with Gasteiger partial charge in [0.1, 0.15) is 5.58 Å². The van der Waals surface area contributed by atoms with Crippen LogP contribution in [0.5, 0.6) is 0 Å². The first-order valence-electron chi connectivity index (χ1n) is 7.34. The average molecular weight is 273 g/mol. The zero-order valence-electron chi connectivity index (χ0n) is 13.8. The molecular formula is C18H27NO. The van der Waals surface area contributed by atoms with Gasteiger partial charge in [-0.3, -0.25) is 0 Å². The molecule has 1 heterocycles. The molecule has 0 aliphatic rings. The lowest BCUT2D eigenvalue weighted by atomic mass is 9.79. The van der Waals surface area contributed by atoms with Crippen molar-refractivity contribution in [1.82, 2.24) is 5.32 Å². The maximum Gasteiger partial charge on any atom is 0.137 e. The number of benzene rings is 1. The Kier molecular flexibility index (Phi) is 3.72. The van der Waals surface area contributed by atoms with E-state index in [9.17, 15) is 0 Å². The van der Waals surface area contributed by atoms with Gasteiger partial charge in [-0.25, -0.2) is 0 Å². The molecule has 0 amide bonds. The van der Waals surface area contributed by atoms with Crippen LogP contribution in [-0.2, 0) is 17.4 Å². The highest BCUT2D eigenvalue weighted by Crippen LogP contribution is 2.37. The normalized spacial score (nSPS) is 13.2. The first kappa shape index (κ1) is 15.1. The molecule has 0 spiro atoms. The van der Waals surface area contributed by atoms with Gasteiger partial charge in [-0.15, -0.1) is 0 Å². The smallest absolute Gasteiger partial charge is 0.137 e. The van der Waals surface area contributed by atoms with E-state index < -0.39 is 0 Å². The van der Waals surface area contributed by atoms with Gasteiger partial charge in [-0.1, -0.05) is 47.6 Å². The number of hydrogen-bond donors (Lipinski definition) is 1. The van der Waals surface area contributed by atoms with Crippen LogP contribution in [0.25, 0.3) is 11.0 Å². The van der Waals surface area contributed by atoms with Crippen molar-refractivity contribution in [3.8, 4) is 0 Å². The summed E-state index contributed by atoms with van der Waals surface area (Å²) in [4.78, 5) is 0. The predicted octanol–water partition coefficient (Wildman–Crippen LogP) is 4.75. The molecular weight excluding hydrogens is 246 g/mol. The van der Waals surface area contributed by atoms with Gasteiger partial charge in [0.2, 0.25) is 0 Å². The minimum atomic E-state index is 0.0777. The van der Waals surface area contributed by atoms with E-state index in [0.29, 0.717) is 0 Å². The molecule has 0 saturated carbocycles. The average Bonchev–Trinajstić information content (AvgIpc) is 2.69. The lowest BCUT2D eigenvalue weighted by molar-refractivity contribution is 0.548. The Balaban J connectivity index is 2.77. The van der Waals surface area contributed by atoms with Crippen molar-refractivity contribution in [2.45, 2.75) is 58.9 Å². The monoisotopic (exact) mass is 273 g/mol. The number of hydrogen-bond acceptors (Lipinski definition) is 2. The van der Waals surface area contributed by atoms with Crippen molar-refractivity contribution in [2.24, 2.45) is 0 Å². The standard InChI is InChI=1S/C18H27NO/c1-17(2,3)13-8-14-12(10-19-7)11-20-16(14)15(9-13)18(4,5)6/h8-9,11,19H,10H2,1-7H3. The van der Waals surface area contributed by atoms with Crippen LogP contribution in [0.3, 0.4) is 0 Å². The van der Waals surface area contributed by atoms with E-state index in [1.165, 1.54) is 22.1 Å². The molecule has 0 aliphatic carbocycles. The molecule has 1 N–H and O–H groups in total. The van der Waals surface area contributed by atoms with Crippen molar-refractivity contribution >= 4 is 11.0 Å². The second-order valence-electron chi connectivity index (χ2n) is 7.69. The molecule has 2 heteroatoms. The van der Waals surface area contributed by atoms with Gasteiger partial charge < -0.3 is 9.73 Å². The Morgan fingerprint density at radius 2 is 1.65 bits per heavy atom. The number of nitrogens with one attached hydrogen (secondary N) is 1. The second-order valence-corrected chi connectivity index (χ2v) is 7.69. The van der Waals surface area contributed by atoms with E-state index in [1.54, 1.807) is 0 Å². The summed E-state index contributed by atoms with van der Waals surface area (Å²) in [5.41, 5.74) is 5.15. The Morgan fingerprint density at radius 3 is 2.15 bits per heavy atom. The molecule has 110 valence electrons. The Hall–Kier alpha value is -1.28. The number of rotatable bonds is 2. The van der Waals surface area contributed by atoms with E-state index >= 15 is 0 Å². The third kappa shape index (κ3) is 2.76. The summed E-state index contributed by atoms with van der Waals surface area (Å²) in [6.07, 6.45) is 1.89. The van der Waals surface area contributed by atoms with E-state index in [4.69, 9.17) is 4.42 Å². The highest BCUT2D eigenvalue weighted by Gasteiger charge is 2.24. The summed E-state index contributed by atoms with van der Waals surface area (Å²) in [7, 11) is 1.97. The van der Waals surface area contributed by atoms with Crippen molar-refractivity contribution in [1.29, 1.82) is 0 Å². The molecule has 0 unspecified atom stereocenters. The fourth-order valence-corrected chi connectivity index (χ4v) is 2.51. The zero-order valence-corrected chi connectivity index (χ0v) is 13.8. The van der Waals surface area contributed by atoms with Gasteiger partial charge >= 0.3 is 0 Å². The number of furan rings is 1. The minimum absolute atomic E-state index is 0.0777. The highest BCUT2D eigenvalue weighted by molar-refractivity contribution is 5.86. The summed E-state index contributed by atoms with van der Waals surface area (Å²) >= 11 is 0. The summed E-state index contributed by atoms with van der Waals surface area (Å²) < 4.78 is 5.89. The number of fused-ring (bicyclic) bond motifs is 1. The molecule has 0 fully saturated rings. The Bertz CT molecular complexity index is 609. The summed E-state index contributed by atoms with van der Waals surface area (Å²) in [5.74, 6) is 0. The molecule has 0 atom stereocenters. The van der Waals surface area contributed by atoms with Crippen LogP contribution < -0.4 is 5.32 Å². The topological polar surface area (TPSA) is 25.2 Å². The minimum Gasteiger partial charge on any atom is -0.464 e. The maximum absolute atomic E-state index is 5.89. The third-order valence-corrected chi connectivity index (χ3v) is 3.80. The summed E-state index contributed by atoms with van der Waals surface area (Å²) in [6.45, 7) is 14.4. The fraction of sp³-hybridized carbons (Fsp3) is 0.556. The van der Waals surface area contributed by atoms with E-state index in [0.717, 1.165) is 12.1 Å². The van der Waals surface area contributed by atoms with Gasteiger partial charge in [-0.2, -0.15) is 0 Å². The van der Waals surface area contributed by atoms with Crippen molar-refractivity contribution in [3.63, 3.8) is 0 Å². The molecule has 2 nitrogen and oxygen atoms in total. The largest absolute Gasteiger partial charge is 0.464 e.